The summed E-state index contributed by atoms with van der Waals surface area (Å²) in [4.78, 5) is 0. The minimum Gasteiger partial charge on any atom is -0.309 e. The van der Waals surface area contributed by atoms with Crippen LogP contribution in [0.5, 0.6) is 0 Å². The van der Waals surface area contributed by atoms with Crippen molar-refractivity contribution in [3.05, 3.63) is 0 Å². The third kappa shape index (κ3) is 6.38. The van der Waals surface area contributed by atoms with Gasteiger partial charge in [0.2, 0.25) is 0 Å². The number of rotatable bonds is 7. The van der Waals surface area contributed by atoms with Crippen LogP contribution in [-0.4, -0.2) is 37.4 Å². The van der Waals surface area contributed by atoms with Gasteiger partial charge in [-0.3, -0.25) is 0 Å². The molecule has 3 nitrogen and oxygen atoms in total. The predicted molar refractivity (Wildman–Crippen MR) is 66.3 cm³/mol. The van der Waals surface area contributed by atoms with E-state index in [0.29, 0.717) is 13.0 Å². The highest BCUT2D eigenvalue weighted by molar-refractivity contribution is 7.91. The van der Waals surface area contributed by atoms with Crippen molar-refractivity contribution in [3.63, 3.8) is 0 Å². The summed E-state index contributed by atoms with van der Waals surface area (Å²) < 4.78 is 22.8. The van der Waals surface area contributed by atoms with Gasteiger partial charge >= 0.3 is 0 Å². The Morgan fingerprint density at radius 2 is 1.87 bits per heavy atom. The molecule has 0 bridgehead atoms. The van der Waals surface area contributed by atoms with Gasteiger partial charge in [-0.05, 0) is 27.2 Å². The zero-order valence-corrected chi connectivity index (χ0v) is 11.6. The van der Waals surface area contributed by atoms with Crippen molar-refractivity contribution in [3.8, 4) is 0 Å². The molecule has 0 aliphatic rings. The van der Waals surface area contributed by atoms with E-state index in [4.69, 9.17) is 11.6 Å². The van der Waals surface area contributed by atoms with Crippen LogP contribution in [-0.2, 0) is 9.84 Å². The molecule has 0 aromatic rings. The van der Waals surface area contributed by atoms with Gasteiger partial charge in [-0.25, -0.2) is 8.42 Å². The molecular formula is C10H22ClNO2S. The summed E-state index contributed by atoms with van der Waals surface area (Å²) in [5.41, 5.74) is -0.233. The Morgan fingerprint density at radius 3 is 2.27 bits per heavy atom. The number of sulfone groups is 1. The molecule has 92 valence electrons. The summed E-state index contributed by atoms with van der Waals surface area (Å²) in [6.45, 7) is 8.17. The van der Waals surface area contributed by atoms with Crippen LogP contribution in [0, 0.1) is 0 Å². The number of alkyl halides is 1. The second-order valence-corrected chi connectivity index (χ2v) is 7.37. The first kappa shape index (κ1) is 15.2. The van der Waals surface area contributed by atoms with Gasteiger partial charge in [0.15, 0.2) is 9.84 Å². The summed E-state index contributed by atoms with van der Waals surface area (Å²) in [5.74, 6) is 0.458. The maximum absolute atomic E-state index is 11.4. The van der Waals surface area contributed by atoms with E-state index in [1.807, 2.05) is 27.7 Å². The second-order valence-electron chi connectivity index (χ2n) is 4.42. The smallest absolute Gasteiger partial charge is 0.151 e. The Balaban J connectivity index is 4.00. The van der Waals surface area contributed by atoms with Crippen LogP contribution in [0.1, 0.15) is 34.1 Å². The van der Waals surface area contributed by atoms with Crippen LogP contribution >= 0.6 is 11.6 Å². The lowest BCUT2D eigenvalue weighted by Gasteiger charge is -2.29. The maximum Gasteiger partial charge on any atom is 0.151 e. The topological polar surface area (TPSA) is 46.2 Å². The van der Waals surface area contributed by atoms with Crippen molar-refractivity contribution in [2.45, 2.75) is 45.0 Å². The molecule has 0 aromatic heterocycles. The average Bonchev–Trinajstić information content (AvgIpc) is 2.02. The Labute approximate surface area is 98.5 Å². The van der Waals surface area contributed by atoms with Gasteiger partial charge in [-0.2, -0.15) is 0 Å². The van der Waals surface area contributed by atoms with Crippen molar-refractivity contribution < 1.29 is 8.42 Å². The minimum absolute atomic E-state index is 0.0358. The molecule has 0 aliphatic carbocycles. The van der Waals surface area contributed by atoms with Crippen LogP contribution in [0.25, 0.3) is 0 Å². The van der Waals surface area contributed by atoms with Gasteiger partial charge in [-0.15, -0.1) is 11.6 Å². The first-order valence-electron chi connectivity index (χ1n) is 5.31. The van der Waals surface area contributed by atoms with E-state index in [9.17, 15) is 8.42 Å². The second kappa shape index (κ2) is 6.06. The summed E-state index contributed by atoms with van der Waals surface area (Å²) in [7, 11) is -2.89. The van der Waals surface area contributed by atoms with E-state index < -0.39 is 9.84 Å². The normalized spacial score (nSPS) is 15.3. The fourth-order valence-electron chi connectivity index (χ4n) is 1.08. The van der Waals surface area contributed by atoms with Gasteiger partial charge in [0.25, 0.3) is 0 Å². The van der Waals surface area contributed by atoms with Gasteiger partial charge in [0, 0.05) is 23.2 Å². The van der Waals surface area contributed by atoms with Gasteiger partial charge < -0.3 is 5.32 Å². The lowest BCUT2D eigenvalue weighted by Crippen LogP contribution is -2.47. The molecule has 1 unspecified atom stereocenters. The van der Waals surface area contributed by atoms with Crippen LogP contribution in [0.2, 0.25) is 0 Å². The summed E-state index contributed by atoms with van der Waals surface area (Å²) in [6.07, 6.45) is 0.678. The molecule has 0 saturated carbocycles. The molecule has 5 heteroatoms. The summed E-state index contributed by atoms with van der Waals surface area (Å²) in [5, 5.41) is 3.13. The molecule has 0 rings (SSSR count). The van der Waals surface area contributed by atoms with Crippen molar-refractivity contribution in [1.82, 2.24) is 5.32 Å². The highest BCUT2D eigenvalue weighted by Gasteiger charge is 2.23. The Kier molecular flexibility index (Phi) is 6.14. The quantitative estimate of drug-likeness (QED) is 0.706. The first-order valence-corrected chi connectivity index (χ1v) is 7.56. The monoisotopic (exact) mass is 255 g/mol. The Hall–Kier alpha value is 0.200. The first-order chi connectivity index (χ1) is 6.71. The Morgan fingerprint density at radius 1 is 1.33 bits per heavy atom. The molecule has 0 saturated heterocycles. The molecular weight excluding hydrogens is 234 g/mol. The lowest BCUT2D eigenvalue weighted by atomic mass is 10.0. The number of nitrogens with one attached hydrogen (secondary N) is 1. The third-order valence-electron chi connectivity index (χ3n) is 2.50. The zero-order valence-electron chi connectivity index (χ0n) is 10.0. The highest BCUT2D eigenvalue weighted by Crippen LogP contribution is 2.14. The number of halogens is 1. The fourth-order valence-corrected chi connectivity index (χ4v) is 2.40. The van der Waals surface area contributed by atoms with Crippen molar-refractivity contribution in [2.24, 2.45) is 0 Å². The predicted octanol–water partition coefficient (Wildman–Crippen LogP) is 1.81. The van der Waals surface area contributed by atoms with Crippen LogP contribution in [0.15, 0.2) is 0 Å². The summed E-state index contributed by atoms with van der Waals surface area (Å²) >= 11 is 5.97. The molecule has 0 heterocycles. The molecule has 0 amide bonds. The molecule has 0 aromatic carbocycles. The zero-order chi connectivity index (χ0) is 12.1. The van der Waals surface area contributed by atoms with E-state index in [-0.39, 0.29) is 22.4 Å². The third-order valence-corrected chi connectivity index (χ3v) is 4.91. The van der Waals surface area contributed by atoms with E-state index >= 15 is 0 Å². The van der Waals surface area contributed by atoms with Crippen LogP contribution < -0.4 is 5.32 Å². The Bertz CT molecular complexity index is 273. The lowest BCUT2D eigenvalue weighted by molar-refractivity contribution is 0.392. The van der Waals surface area contributed by atoms with Crippen molar-refractivity contribution in [1.29, 1.82) is 0 Å². The highest BCUT2D eigenvalue weighted by atomic mass is 35.5. The minimum atomic E-state index is -2.89. The van der Waals surface area contributed by atoms with Gasteiger partial charge in [-0.1, -0.05) is 6.92 Å². The van der Waals surface area contributed by atoms with Crippen molar-refractivity contribution >= 4 is 21.4 Å². The molecule has 15 heavy (non-hydrogen) atoms. The van der Waals surface area contributed by atoms with Gasteiger partial charge in [0.05, 0.1) is 5.75 Å². The van der Waals surface area contributed by atoms with E-state index in [2.05, 4.69) is 5.32 Å². The molecule has 1 atom stereocenters. The molecule has 0 fully saturated rings. The number of hydrogen-bond acceptors (Lipinski definition) is 3. The fraction of sp³-hybridized carbons (Fsp3) is 1.00. The van der Waals surface area contributed by atoms with Crippen LogP contribution in [0.3, 0.4) is 0 Å². The van der Waals surface area contributed by atoms with E-state index in [1.54, 1.807) is 0 Å². The van der Waals surface area contributed by atoms with Gasteiger partial charge in [0.1, 0.15) is 0 Å². The molecule has 0 aliphatic heterocycles. The standard InChI is InChI=1S/C10H22ClNO2S/c1-5-7-15(13,14)8-6-12-10(3,4)9(2)11/h9,12H,5-8H2,1-4H3. The molecule has 0 radical (unpaired) electrons. The summed E-state index contributed by atoms with van der Waals surface area (Å²) in [6, 6.07) is 0. The van der Waals surface area contributed by atoms with Crippen LogP contribution in [0.4, 0.5) is 0 Å². The molecule has 1 N–H and O–H groups in total. The average molecular weight is 256 g/mol. The maximum atomic E-state index is 11.4. The number of hydrogen-bond donors (Lipinski definition) is 1. The van der Waals surface area contributed by atoms with E-state index in [0.717, 1.165) is 0 Å². The largest absolute Gasteiger partial charge is 0.309 e. The molecule has 0 spiro atoms. The SMILES string of the molecule is CCCS(=O)(=O)CCNC(C)(C)C(C)Cl. The van der Waals surface area contributed by atoms with Crippen molar-refractivity contribution in [2.75, 3.05) is 18.1 Å². The van der Waals surface area contributed by atoms with E-state index in [1.165, 1.54) is 0 Å².